The van der Waals surface area contributed by atoms with Gasteiger partial charge in [-0.25, -0.2) is 0 Å². The lowest BCUT2D eigenvalue weighted by Gasteiger charge is -2.23. The Morgan fingerprint density at radius 1 is 1.10 bits per heavy atom. The average Bonchev–Trinajstić information content (AvgIpc) is 2.22. The summed E-state index contributed by atoms with van der Waals surface area (Å²) in [6.45, 7) is 1.83. The number of nitrogens with two attached hydrogens (primary N) is 1. The van der Waals surface area contributed by atoms with Gasteiger partial charge in [-0.15, -0.1) is 0 Å². The maximum atomic E-state index is 12.3. The minimum absolute atomic E-state index is 0.226. The van der Waals surface area contributed by atoms with E-state index in [1.807, 2.05) is 6.92 Å². The molecule has 20 heavy (non-hydrogen) atoms. The van der Waals surface area contributed by atoms with E-state index in [1.54, 1.807) is 5.32 Å². The van der Waals surface area contributed by atoms with Crippen molar-refractivity contribution in [2.45, 2.75) is 38.5 Å². The van der Waals surface area contributed by atoms with Gasteiger partial charge in [-0.3, -0.25) is 4.79 Å². The molecule has 1 atom stereocenters. The van der Waals surface area contributed by atoms with Crippen LogP contribution in [0.3, 0.4) is 0 Å². The van der Waals surface area contributed by atoms with Crippen molar-refractivity contribution in [2.75, 3.05) is 13.1 Å². The molecule has 3 N–H and O–H groups in total. The number of halogens is 6. The van der Waals surface area contributed by atoms with E-state index >= 15 is 0 Å². The molecule has 3 nitrogen and oxygen atoms in total. The van der Waals surface area contributed by atoms with Crippen LogP contribution < -0.4 is 11.1 Å². The Labute approximate surface area is 112 Å². The highest BCUT2D eigenvalue weighted by Crippen LogP contribution is 2.39. The molecule has 1 amide bonds. The molecule has 0 aliphatic heterocycles. The predicted octanol–water partition coefficient (Wildman–Crippen LogP) is 2.61. The van der Waals surface area contributed by atoms with E-state index < -0.39 is 24.2 Å². The Bertz CT molecular complexity index is 282. The van der Waals surface area contributed by atoms with Gasteiger partial charge in [0.15, 0.2) is 0 Å². The SMILES string of the molecule is CCCC(CCN)CNC(=O)C(C(F)(F)F)C(F)(F)F. The van der Waals surface area contributed by atoms with Gasteiger partial charge in [0.05, 0.1) is 0 Å². The molecule has 0 spiro atoms. The Kier molecular flexibility index (Phi) is 7.32. The van der Waals surface area contributed by atoms with Crippen molar-refractivity contribution < 1.29 is 31.1 Å². The normalized spacial score (nSPS) is 14.4. The highest BCUT2D eigenvalue weighted by Gasteiger charge is 2.61. The van der Waals surface area contributed by atoms with Crippen molar-refractivity contribution >= 4 is 5.91 Å². The van der Waals surface area contributed by atoms with Crippen LogP contribution in [0.1, 0.15) is 26.2 Å². The quantitative estimate of drug-likeness (QED) is 0.710. The lowest BCUT2D eigenvalue weighted by atomic mass is 9.99. The van der Waals surface area contributed by atoms with Gasteiger partial charge >= 0.3 is 12.4 Å². The highest BCUT2D eigenvalue weighted by atomic mass is 19.4. The number of nitrogens with one attached hydrogen (secondary N) is 1. The number of hydrogen-bond acceptors (Lipinski definition) is 2. The van der Waals surface area contributed by atoms with Gasteiger partial charge in [-0.05, 0) is 25.3 Å². The lowest BCUT2D eigenvalue weighted by molar-refractivity contribution is -0.274. The zero-order chi connectivity index (χ0) is 16.0. The minimum atomic E-state index is -5.66. The number of carbonyl (C=O) groups excluding carboxylic acids is 1. The summed E-state index contributed by atoms with van der Waals surface area (Å²) < 4.78 is 73.7. The molecule has 0 saturated heterocycles. The lowest BCUT2D eigenvalue weighted by Crippen LogP contribution is -2.48. The van der Waals surface area contributed by atoms with Crippen molar-refractivity contribution in [3.05, 3.63) is 0 Å². The molecule has 0 aliphatic rings. The summed E-state index contributed by atoms with van der Waals surface area (Å²) in [5, 5.41) is 1.73. The van der Waals surface area contributed by atoms with Crippen LogP contribution >= 0.6 is 0 Å². The van der Waals surface area contributed by atoms with Crippen molar-refractivity contribution in [1.82, 2.24) is 5.32 Å². The zero-order valence-corrected chi connectivity index (χ0v) is 10.9. The smallest absolute Gasteiger partial charge is 0.355 e. The van der Waals surface area contributed by atoms with Gasteiger partial charge in [0.1, 0.15) is 0 Å². The van der Waals surface area contributed by atoms with Crippen LogP contribution in [-0.4, -0.2) is 31.3 Å². The molecule has 0 rings (SSSR count). The van der Waals surface area contributed by atoms with Crippen molar-refractivity contribution in [3.63, 3.8) is 0 Å². The van der Waals surface area contributed by atoms with Gasteiger partial charge in [0.2, 0.25) is 11.8 Å². The van der Waals surface area contributed by atoms with Crippen molar-refractivity contribution in [1.29, 1.82) is 0 Å². The van der Waals surface area contributed by atoms with Gasteiger partial charge in [-0.1, -0.05) is 13.3 Å². The van der Waals surface area contributed by atoms with E-state index in [-0.39, 0.29) is 19.0 Å². The number of amides is 1. The second-order valence-electron chi connectivity index (χ2n) is 4.49. The molecule has 0 aliphatic carbocycles. The Hall–Kier alpha value is -0.990. The fourth-order valence-corrected chi connectivity index (χ4v) is 1.82. The minimum Gasteiger partial charge on any atom is -0.355 e. The molecule has 0 saturated carbocycles. The summed E-state index contributed by atoms with van der Waals surface area (Å²) in [5.74, 6) is -6.28. The summed E-state index contributed by atoms with van der Waals surface area (Å²) in [6, 6.07) is 0. The van der Waals surface area contributed by atoms with Crippen molar-refractivity contribution in [3.8, 4) is 0 Å². The van der Waals surface area contributed by atoms with Crippen LogP contribution in [0.15, 0.2) is 0 Å². The molecule has 120 valence electrons. The summed E-state index contributed by atoms with van der Waals surface area (Å²) in [6.07, 6.45) is -9.62. The Balaban J connectivity index is 4.70. The van der Waals surface area contributed by atoms with E-state index in [9.17, 15) is 31.1 Å². The third-order valence-corrected chi connectivity index (χ3v) is 2.75. The largest absolute Gasteiger partial charge is 0.409 e. The number of hydrogen-bond donors (Lipinski definition) is 2. The second kappa shape index (κ2) is 7.70. The summed E-state index contributed by atoms with van der Waals surface area (Å²) in [4.78, 5) is 11.2. The standard InChI is InChI=1S/C11H18F6N2O/c1-2-3-7(4-5-18)6-19-9(20)8(10(12,13)14)11(15,16)17/h7-8H,2-6,18H2,1H3,(H,19,20). The summed E-state index contributed by atoms with van der Waals surface area (Å²) in [7, 11) is 0. The number of alkyl halides is 6. The van der Waals surface area contributed by atoms with Gasteiger partial charge in [0.25, 0.3) is 0 Å². The topological polar surface area (TPSA) is 55.1 Å². The molecular formula is C11H18F6N2O. The van der Waals surface area contributed by atoms with Gasteiger partial charge in [-0.2, -0.15) is 26.3 Å². The Morgan fingerprint density at radius 2 is 1.60 bits per heavy atom. The van der Waals surface area contributed by atoms with Crippen LogP contribution in [0.5, 0.6) is 0 Å². The fourth-order valence-electron chi connectivity index (χ4n) is 1.82. The first-order valence-electron chi connectivity index (χ1n) is 6.15. The Morgan fingerprint density at radius 3 is 1.95 bits per heavy atom. The number of rotatable bonds is 7. The molecular weight excluding hydrogens is 290 g/mol. The zero-order valence-electron chi connectivity index (χ0n) is 10.9. The molecule has 0 aromatic rings. The van der Waals surface area contributed by atoms with Crippen LogP contribution in [0.4, 0.5) is 26.3 Å². The van der Waals surface area contributed by atoms with Crippen molar-refractivity contribution in [2.24, 2.45) is 17.6 Å². The van der Waals surface area contributed by atoms with Crippen LogP contribution in [0.2, 0.25) is 0 Å². The molecule has 0 radical (unpaired) electrons. The first-order chi connectivity index (χ1) is 9.04. The van der Waals surface area contributed by atoms with E-state index in [2.05, 4.69) is 0 Å². The maximum Gasteiger partial charge on any atom is 0.409 e. The van der Waals surface area contributed by atoms with Gasteiger partial charge in [0, 0.05) is 6.54 Å². The predicted molar refractivity (Wildman–Crippen MR) is 60.7 cm³/mol. The maximum absolute atomic E-state index is 12.3. The van der Waals surface area contributed by atoms with Crippen LogP contribution in [0.25, 0.3) is 0 Å². The summed E-state index contributed by atoms with van der Waals surface area (Å²) >= 11 is 0. The van der Waals surface area contributed by atoms with E-state index in [1.165, 1.54) is 0 Å². The monoisotopic (exact) mass is 308 g/mol. The van der Waals surface area contributed by atoms with E-state index in [0.717, 1.165) is 0 Å². The molecule has 9 heteroatoms. The molecule has 0 bridgehead atoms. The molecule has 0 aromatic heterocycles. The molecule has 0 fully saturated rings. The van der Waals surface area contributed by atoms with Crippen LogP contribution in [0, 0.1) is 11.8 Å². The molecule has 1 unspecified atom stereocenters. The summed E-state index contributed by atoms with van der Waals surface area (Å²) in [5.41, 5.74) is 5.29. The average molecular weight is 308 g/mol. The van der Waals surface area contributed by atoms with E-state index in [4.69, 9.17) is 5.73 Å². The first kappa shape index (κ1) is 19.0. The molecule has 0 heterocycles. The first-order valence-corrected chi connectivity index (χ1v) is 6.15. The third-order valence-electron chi connectivity index (χ3n) is 2.75. The van der Waals surface area contributed by atoms with Gasteiger partial charge < -0.3 is 11.1 Å². The molecule has 0 aromatic carbocycles. The highest BCUT2D eigenvalue weighted by molar-refractivity contribution is 5.80. The van der Waals surface area contributed by atoms with Crippen LogP contribution in [-0.2, 0) is 4.79 Å². The third kappa shape index (κ3) is 6.44. The number of carbonyl (C=O) groups is 1. The second-order valence-corrected chi connectivity index (χ2v) is 4.49. The fraction of sp³-hybridized carbons (Fsp3) is 0.909. The van der Waals surface area contributed by atoms with E-state index in [0.29, 0.717) is 19.3 Å².